The SMILES string of the molecule is C=C(C)C(=O)OC(F)(C(F)(F)C(F)(F)C(F)(F)C(F)(F)C(F)(F)C(F)(F)C(F)(F)C(F)(F)C(F)(F)C(F)(F)F)C(F)(F)C(F)(F)C(F)(C(F)(F)F)C(F)(F)F. The maximum absolute atomic E-state index is 15.1. The van der Waals surface area contributed by atoms with Crippen molar-refractivity contribution in [3.63, 3.8) is 0 Å². The zero-order chi connectivity index (χ0) is 45.9. The highest BCUT2D eigenvalue weighted by molar-refractivity contribution is 5.87. The number of rotatable bonds is 14. The Morgan fingerprint density at radius 3 is 0.727 bits per heavy atom. The van der Waals surface area contributed by atoms with Crippen molar-refractivity contribution in [2.24, 2.45) is 0 Å². The summed E-state index contributed by atoms with van der Waals surface area (Å²) in [5.41, 5.74) is -11.8. The molecule has 328 valence electrons. The first kappa shape index (κ1) is 51.9. The number of carbonyl (C=O) groups is 1. The number of esters is 1. The van der Waals surface area contributed by atoms with Crippen LogP contribution in [0, 0.1) is 0 Å². The van der Waals surface area contributed by atoms with Crippen LogP contribution in [0.5, 0.6) is 0 Å². The fourth-order valence-corrected chi connectivity index (χ4v) is 3.24. The number of ether oxygens (including phenoxy) is 1. The molecule has 0 saturated carbocycles. The van der Waals surface area contributed by atoms with Gasteiger partial charge < -0.3 is 4.74 Å². The lowest BCUT2D eigenvalue weighted by atomic mass is 9.80. The Morgan fingerprint density at radius 1 is 0.327 bits per heavy atom. The van der Waals surface area contributed by atoms with E-state index < -0.39 is 107 Å². The summed E-state index contributed by atoms with van der Waals surface area (Å²) in [5.74, 6) is -122. The Balaban J connectivity index is 8.39. The highest BCUT2D eigenvalue weighted by Crippen LogP contribution is 2.70. The molecule has 0 spiro atoms. The van der Waals surface area contributed by atoms with E-state index in [1.807, 2.05) is 6.58 Å². The first-order chi connectivity index (χ1) is 23.1. The lowest BCUT2D eigenvalue weighted by molar-refractivity contribution is -0.500. The topological polar surface area (TPSA) is 26.3 Å². The molecule has 1 atom stereocenters. The van der Waals surface area contributed by atoms with Crippen LogP contribution in [0.3, 0.4) is 0 Å². The standard InChI is InChI=1S/C20H5F33O2/c1-3(2)4(54)55-17(44,14(38,39)6(22,23)5(21,18(45,46)47)19(48,49)50)15(40,41)12(34,35)10(30,31)8(26,27)7(24,25)9(28,29)11(32,33)13(36,37)16(42,43)20(51,52)53/h1H2,2H3. The van der Waals surface area contributed by atoms with Crippen LogP contribution in [0.15, 0.2) is 12.2 Å². The highest BCUT2D eigenvalue weighted by Gasteiger charge is 3.03. The van der Waals surface area contributed by atoms with E-state index in [0.29, 0.717) is 0 Å². The van der Waals surface area contributed by atoms with Crippen molar-refractivity contribution in [3.8, 4) is 0 Å². The molecule has 0 amide bonds. The zero-order valence-electron chi connectivity index (χ0n) is 24.0. The molecule has 0 aliphatic heterocycles. The zero-order valence-corrected chi connectivity index (χ0v) is 24.0. The highest BCUT2D eigenvalue weighted by atomic mass is 19.4. The Kier molecular flexibility index (Phi) is 12.0. The number of hydrogen-bond acceptors (Lipinski definition) is 2. The van der Waals surface area contributed by atoms with Crippen LogP contribution < -0.4 is 0 Å². The minimum absolute atomic E-state index is 0.385. The summed E-state index contributed by atoms with van der Waals surface area (Å²) in [6.07, 6.45) is -26.2. The van der Waals surface area contributed by atoms with E-state index in [1.165, 1.54) is 0 Å². The molecule has 0 aromatic rings. The summed E-state index contributed by atoms with van der Waals surface area (Å²) in [6.45, 7) is 1.55. The quantitative estimate of drug-likeness (QED) is 0.0986. The predicted molar refractivity (Wildman–Crippen MR) is 101 cm³/mol. The predicted octanol–water partition coefficient (Wildman–Crippen LogP) is 11.2. The fraction of sp³-hybridized carbons (Fsp3) is 0.850. The molecule has 0 aliphatic rings. The van der Waals surface area contributed by atoms with Gasteiger partial charge in [-0.3, -0.25) is 0 Å². The molecule has 2 nitrogen and oxygen atoms in total. The van der Waals surface area contributed by atoms with Gasteiger partial charge in [-0.1, -0.05) is 6.58 Å². The lowest BCUT2D eigenvalue weighted by Gasteiger charge is -2.48. The third-order valence-electron chi connectivity index (χ3n) is 6.51. The van der Waals surface area contributed by atoms with Crippen LogP contribution in [-0.4, -0.2) is 101 Å². The molecule has 0 bridgehead atoms. The smallest absolute Gasteiger partial charge is 0.413 e. The van der Waals surface area contributed by atoms with Gasteiger partial charge in [-0.05, 0) is 6.92 Å². The Hall–Kier alpha value is -3.10. The lowest BCUT2D eigenvalue weighted by Crippen LogP contribution is -2.82. The molecule has 0 aromatic heterocycles. The number of hydrogen-bond donors (Lipinski definition) is 0. The third-order valence-corrected chi connectivity index (χ3v) is 6.51. The first-order valence-electron chi connectivity index (χ1n) is 11.7. The average Bonchev–Trinajstić information content (AvgIpc) is 2.93. The van der Waals surface area contributed by atoms with Crippen LogP contribution in [0.4, 0.5) is 145 Å². The van der Waals surface area contributed by atoms with E-state index in [-0.39, 0.29) is 6.92 Å². The van der Waals surface area contributed by atoms with Gasteiger partial charge in [0.1, 0.15) is 0 Å². The molecule has 0 N–H and O–H groups in total. The monoisotopic (exact) mass is 904 g/mol. The van der Waals surface area contributed by atoms with Crippen molar-refractivity contribution >= 4 is 5.97 Å². The van der Waals surface area contributed by atoms with Gasteiger partial charge in [-0.2, -0.15) is 140 Å². The molecule has 0 fully saturated rings. The maximum Gasteiger partial charge on any atom is 0.460 e. The van der Waals surface area contributed by atoms with Gasteiger partial charge in [0, 0.05) is 5.57 Å². The minimum atomic E-state index is -10.3. The van der Waals surface area contributed by atoms with Crippen molar-refractivity contribution < 1.29 is 154 Å². The van der Waals surface area contributed by atoms with Crippen molar-refractivity contribution in [1.29, 1.82) is 0 Å². The van der Waals surface area contributed by atoms with E-state index in [9.17, 15) is 145 Å². The second-order valence-corrected chi connectivity index (χ2v) is 10.2. The fourth-order valence-electron chi connectivity index (χ4n) is 3.24. The average molecular weight is 904 g/mol. The Bertz CT molecular complexity index is 1440. The van der Waals surface area contributed by atoms with Crippen LogP contribution in [0.1, 0.15) is 6.92 Å². The van der Waals surface area contributed by atoms with Gasteiger partial charge in [0.15, 0.2) is 0 Å². The van der Waals surface area contributed by atoms with E-state index in [2.05, 4.69) is 0 Å². The van der Waals surface area contributed by atoms with Crippen LogP contribution in [0.2, 0.25) is 0 Å². The molecule has 0 rings (SSSR count). The number of carbonyl (C=O) groups excluding carboxylic acids is 1. The summed E-state index contributed by atoms with van der Waals surface area (Å²) >= 11 is 0. The molecular weight excluding hydrogens is 899 g/mol. The summed E-state index contributed by atoms with van der Waals surface area (Å²) in [5, 5.41) is 0. The Morgan fingerprint density at radius 2 is 0.527 bits per heavy atom. The van der Waals surface area contributed by atoms with Crippen LogP contribution in [-0.2, 0) is 9.53 Å². The second kappa shape index (κ2) is 12.7. The van der Waals surface area contributed by atoms with E-state index >= 15 is 4.39 Å². The van der Waals surface area contributed by atoms with Crippen molar-refractivity contribution in [1.82, 2.24) is 0 Å². The molecule has 0 heterocycles. The Labute approximate surface area is 276 Å². The molecular formula is C20H5F33O2. The van der Waals surface area contributed by atoms with Crippen molar-refractivity contribution in [3.05, 3.63) is 12.2 Å². The minimum Gasteiger partial charge on any atom is -0.413 e. The van der Waals surface area contributed by atoms with Gasteiger partial charge in [-0.25, -0.2) is 9.18 Å². The van der Waals surface area contributed by atoms with Gasteiger partial charge >= 0.3 is 101 Å². The first-order valence-corrected chi connectivity index (χ1v) is 11.7. The van der Waals surface area contributed by atoms with Crippen LogP contribution >= 0.6 is 0 Å². The summed E-state index contributed by atoms with van der Waals surface area (Å²) in [7, 11) is 0. The van der Waals surface area contributed by atoms with Gasteiger partial charge in [0.05, 0.1) is 0 Å². The molecule has 0 aliphatic carbocycles. The molecule has 0 radical (unpaired) electrons. The molecule has 0 aromatic carbocycles. The summed E-state index contributed by atoms with van der Waals surface area (Å²) in [4.78, 5) is 11.3. The summed E-state index contributed by atoms with van der Waals surface area (Å²) in [6, 6.07) is 0. The molecule has 55 heavy (non-hydrogen) atoms. The molecule has 1 unspecified atom stereocenters. The number of halogens is 33. The summed E-state index contributed by atoms with van der Waals surface area (Å²) < 4.78 is 450. The normalized spacial score (nSPS) is 17.6. The van der Waals surface area contributed by atoms with Gasteiger partial charge in [0.2, 0.25) is 0 Å². The second-order valence-electron chi connectivity index (χ2n) is 10.2. The third kappa shape index (κ3) is 6.13. The molecule has 0 saturated heterocycles. The van der Waals surface area contributed by atoms with Crippen LogP contribution in [0.25, 0.3) is 0 Å². The molecule has 35 heteroatoms. The van der Waals surface area contributed by atoms with Gasteiger partial charge in [-0.15, -0.1) is 0 Å². The van der Waals surface area contributed by atoms with E-state index in [4.69, 9.17) is 0 Å². The van der Waals surface area contributed by atoms with Gasteiger partial charge in [0.25, 0.3) is 0 Å². The maximum atomic E-state index is 15.1. The largest absolute Gasteiger partial charge is 0.460 e. The van der Waals surface area contributed by atoms with Crippen molar-refractivity contribution in [2.75, 3.05) is 0 Å². The number of alkyl halides is 33. The van der Waals surface area contributed by atoms with Crippen molar-refractivity contribution in [2.45, 2.75) is 102 Å². The van der Waals surface area contributed by atoms with E-state index in [0.717, 1.165) is 0 Å². The van der Waals surface area contributed by atoms with E-state index in [1.54, 1.807) is 4.74 Å².